The summed E-state index contributed by atoms with van der Waals surface area (Å²) >= 11 is 9.32. The lowest BCUT2D eigenvalue weighted by Gasteiger charge is -2.19. The zero-order chi connectivity index (χ0) is 29.5. The predicted molar refractivity (Wildman–Crippen MR) is 168 cm³/mol. The summed E-state index contributed by atoms with van der Waals surface area (Å²) in [4.78, 5) is 30.8. The maximum atomic E-state index is 12.2. The number of aromatic nitrogens is 1. The summed E-state index contributed by atoms with van der Waals surface area (Å²) in [5.41, 5.74) is 3.54. The van der Waals surface area contributed by atoms with Crippen LogP contribution in [0.1, 0.15) is 36.6 Å². The van der Waals surface area contributed by atoms with Crippen molar-refractivity contribution in [3.8, 4) is 5.75 Å². The van der Waals surface area contributed by atoms with Crippen LogP contribution in [0.2, 0.25) is 5.02 Å². The fraction of sp³-hybridized carbons (Fsp3) is 0.121. The number of carbonyl (C=O) groups is 2. The number of methoxy groups -OCH3 is 2. The summed E-state index contributed by atoms with van der Waals surface area (Å²) in [7, 11) is 2.73. The quantitative estimate of drug-likeness (QED) is 0.0878. The number of carbonyl (C=O) groups excluding carboxylic acids is 2. The Balaban J connectivity index is 1.41. The lowest BCUT2D eigenvalue weighted by molar-refractivity contribution is 0.0591. The van der Waals surface area contributed by atoms with Crippen LogP contribution in [0.4, 0.5) is 0 Å². The predicted octanol–water partition coefficient (Wildman–Crippen LogP) is 8.62. The summed E-state index contributed by atoms with van der Waals surface area (Å²) in [6.45, 7) is 0.291. The molecule has 0 aliphatic carbocycles. The molecule has 5 aromatic rings. The molecule has 0 saturated carbocycles. The third-order valence-corrected chi connectivity index (χ3v) is 9.06. The Kier molecular flexibility index (Phi) is 9.69. The molecule has 0 amide bonds. The second kappa shape index (κ2) is 13.8. The lowest BCUT2D eigenvalue weighted by Crippen LogP contribution is -2.02. The van der Waals surface area contributed by atoms with E-state index in [1.54, 1.807) is 35.7 Å². The highest BCUT2D eigenvalue weighted by atomic mass is 35.5. The Hall–Kier alpha value is -3.98. The molecule has 9 heteroatoms. The van der Waals surface area contributed by atoms with Crippen molar-refractivity contribution in [2.45, 2.75) is 21.0 Å². The molecule has 42 heavy (non-hydrogen) atoms. The van der Waals surface area contributed by atoms with Crippen LogP contribution in [-0.2, 0) is 16.1 Å². The van der Waals surface area contributed by atoms with Gasteiger partial charge < -0.3 is 14.2 Å². The molecule has 4 aromatic carbocycles. The summed E-state index contributed by atoms with van der Waals surface area (Å²) in [6.07, 6.45) is 0. The van der Waals surface area contributed by atoms with E-state index in [2.05, 4.69) is 4.98 Å². The number of esters is 2. The molecule has 5 rings (SSSR count). The van der Waals surface area contributed by atoms with E-state index in [9.17, 15) is 9.59 Å². The number of pyridine rings is 1. The Labute approximate surface area is 257 Å². The second-order valence-electron chi connectivity index (χ2n) is 9.11. The minimum absolute atomic E-state index is 0.143. The molecule has 212 valence electrons. The fourth-order valence-electron chi connectivity index (χ4n) is 4.16. The molecular weight excluding hydrogens is 590 g/mol. The monoisotopic (exact) mass is 615 g/mol. The number of fused-ring (bicyclic) bond motifs is 1. The van der Waals surface area contributed by atoms with Crippen molar-refractivity contribution in [2.75, 3.05) is 14.2 Å². The van der Waals surface area contributed by atoms with Gasteiger partial charge in [0.1, 0.15) is 12.4 Å². The number of ether oxygens (including phenoxy) is 3. The van der Waals surface area contributed by atoms with E-state index in [0.717, 1.165) is 32.0 Å². The van der Waals surface area contributed by atoms with E-state index in [4.69, 9.17) is 25.8 Å². The summed E-state index contributed by atoms with van der Waals surface area (Å²) in [6, 6.07) is 32.1. The standard InChI is InChI=1S/C33H26ClNO5S2/c1-38-31(36)22-6-4-10-28(17-22)41-33(42-29-11-5-7-23(18-29)32(37)39-2)24-8-3-9-27(16-24)40-20-26-15-13-21-12-14-25(34)19-30(21)35-26/h3-19,33H,20H2,1-2H3. The maximum absolute atomic E-state index is 12.2. The van der Waals surface area contributed by atoms with Crippen LogP contribution >= 0.6 is 35.1 Å². The van der Waals surface area contributed by atoms with Gasteiger partial charge in [-0.15, -0.1) is 23.5 Å². The first-order valence-electron chi connectivity index (χ1n) is 12.9. The van der Waals surface area contributed by atoms with Crippen LogP contribution in [0.5, 0.6) is 5.75 Å². The molecule has 1 aromatic heterocycles. The van der Waals surface area contributed by atoms with Gasteiger partial charge in [-0.05, 0) is 72.3 Å². The van der Waals surface area contributed by atoms with Crippen LogP contribution in [0.25, 0.3) is 10.9 Å². The lowest BCUT2D eigenvalue weighted by atomic mass is 10.2. The highest BCUT2D eigenvalue weighted by Gasteiger charge is 2.18. The van der Waals surface area contributed by atoms with Crippen molar-refractivity contribution in [1.29, 1.82) is 0 Å². The normalized spacial score (nSPS) is 11.0. The smallest absolute Gasteiger partial charge is 0.337 e. The van der Waals surface area contributed by atoms with E-state index < -0.39 is 11.9 Å². The van der Waals surface area contributed by atoms with E-state index >= 15 is 0 Å². The molecule has 0 bridgehead atoms. The number of thioether (sulfide) groups is 2. The van der Waals surface area contributed by atoms with Gasteiger partial charge in [0.25, 0.3) is 0 Å². The van der Waals surface area contributed by atoms with Gasteiger partial charge in [0.05, 0.1) is 41.1 Å². The highest BCUT2D eigenvalue weighted by molar-refractivity contribution is 8.16. The first-order chi connectivity index (χ1) is 20.4. The molecule has 6 nitrogen and oxygen atoms in total. The molecule has 0 spiro atoms. The van der Waals surface area contributed by atoms with Gasteiger partial charge in [0.2, 0.25) is 0 Å². The number of halogens is 1. The fourth-order valence-corrected chi connectivity index (χ4v) is 6.95. The van der Waals surface area contributed by atoms with Crippen LogP contribution in [0.15, 0.2) is 113 Å². The molecule has 0 radical (unpaired) electrons. The average Bonchev–Trinajstić information content (AvgIpc) is 3.03. The first-order valence-corrected chi connectivity index (χ1v) is 15.0. The molecular formula is C33H26ClNO5S2. The van der Waals surface area contributed by atoms with E-state index in [1.165, 1.54) is 14.2 Å². The minimum atomic E-state index is -0.396. The zero-order valence-electron chi connectivity index (χ0n) is 22.8. The molecule has 1 heterocycles. The summed E-state index contributed by atoms with van der Waals surface area (Å²) in [5.74, 6) is -0.0990. The number of hydrogen-bond acceptors (Lipinski definition) is 8. The minimum Gasteiger partial charge on any atom is -0.487 e. The van der Waals surface area contributed by atoms with Gasteiger partial charge >= 0.3 is 11.9 Å². The van der Waals surface area contributed by atoms with Crippen LogP contribution in [0, 0.1) is 0 Å². The van der Waals surface area contributed by atoms with E-state index in [0.29, 0.717) is 28.5 Å². The van der Waals surface area contributed by atoms with Crippen LogP contribution in [0.3, 0.4) is 0 Å². The van der Waals surface area contributed by atoms with Crippen molar-refractivity contribution >= 4 is 58.0 Å². The molecule has 0 saturated heterocycles. The summed E-state index contributed by atoms with van der Waals surface area (Å²) in [5, 5.41) is 1.64. The van der Waals surface area contributed by atoms with Gasteiger partial charge in [0, 0.05) is 20.2 Å². The van der Waals surface area contributed by atoms with Crippen molar-refractivity contribution < 1.29 is 23.8 Å². The van der Waals surface area contributed by atoms with Crippen molar-refractivity contribution in [3.05, 3.63) is 131 Å². The van der Waals surface area contributed by atoms with Crippen LogP contribution < -0.4 is 4.74 Å². The maximum Gasteiger partial charge on any atom is 0.337 e. The third-order valence-electron chi connectivity index (χ3n) is 6.23. The number of rotatable bonds is 10. The van der Waals surface area contributed by atoms with Gasteiger partial charge in [0.15, 0.2) is 0 Å². The van der Waals surface area contributed by atoms with E-state index in [-0.39, 0.29) is 4.58 Å². The van der Waals surface area contributed by atoms with E-state index in [1.807, 2.05) is 91.0 Å². The Morgan fingerprint density at radius 3 is 2.02 bits per heavy atom. The summed E-state index contributed by atoms with van der Waals surface area (Å²) < 4.78 is 15.8. The SMILES string of the molecule is COC(=O)c1cccc(SC(Sc2cccc(C(=O)OC)c2)c2cccc(OCc3ccc4ccc(Cl)cc4n3)c2)c1. The van der Waals surface area contributed by atoms with Crippen LogP contribution in [-0.4, -0.2) is 31.1 Å². The molecule has 0 aliphatic heterocycles. The van der Waals surface area contributed by atoms with Crippen molar-refractivity contribution in [2.24, 2.45) is 0 Å². The molecule has 0 atom stereocenters. The number of benzene rings is 4. The average molecular weight is 616 g/mol. The van der Waals surface area contributed by atoms with Crippen molar-refractivity contribution in [1.82, 2.24) is 4.98 Å². The second-order valence-corrected chi connectivity index (χ2v) is 12.2. The first kappa shape index (κ1) is 29.5. The largest absolute Gasteiger partial charge is 0.487 e. The van der Waals surface area contributed by atoms with Gasteiger partial charge in [-0.25, -0.2) is 14.6 Å². The van der Waals surface area contributed by atoms with Gasteiger partial charge in [-0.1, -0.05) is 48.0 Å². The number of hydrogen-bond donors (Lipinski definition) is 0. The number of nitrogens with zero attached hydrogens (tertiary/aromatic N) is 1. The Morgan fingerprint density at radius 1 is 0.762 bits per heavy atom. The topological polar surface area (TPSA) is 74.7 Å². The Morgan fingerprint density at radius 2 is 1.38 bits per heavy atom. The molecule has 0 N–H and O–H groups in total. The molecule has 0 aliphatic rings. The third kappa shape index (κ3) is 7.45. The van der Waals surface area contributed by atoms with Crippen molar-refractivity contribution in [3.63, 3.8) is 0 Å². The zero-order valence-corrected chi connectivity index (χ0v) is 25.2. The molecule has 0 fully saturated rings. The van der Waals surface area contributed by atoms with Gasteiger partial charge in [-0.3, -0.25) is 0 Å². The highest BCUT2D eigenvalue weighted by Crippen LogP contribution is 2.48. The Bertz CT molecular complexity index is 1680. The van der Waals surface area contributed by atoms with Gasteiger partial charge in [-0.2, -0.15) is 0 Å². The molecule has 0 unspecified atom stereocenters.